The number of hydrogen-bond acceptors (Lipinski definition) is 3. The molecule has 82 valence electrons. The van der Waals surface area contributed by atoms with Crippen molar-refractivity contribution < 1.29 is 0 Å². The Balaban J connectivity index is 3.39. The average molecular weight is 299 g/mol. The number of hydrogen-bond donors (Lipinski definition) is 1. The van der Waals surface area contributed by atoms with Gasteiger partial charge in [-0.3, -0.25) is 4.99 Å². The van der Waals surface area contributed by atoms with Crippen molar-refractivity contribution in [2.24, 2.45) is 10.7 Å². The van der Waals surface area contributed by atoms with E-state index in [-0.39, 0.29) is 0 Å². The number of rotatable bonds is 2. The standard InChI is InChI=1S/C11H9BrClN3/c1-16-11(10(12)6-15)9-3-2-8(13)4-7(9)5-14/h2-4,6H,15H2,1H3/b10-6+,16-11?. The van der Waals surface area contributed by atoms with E-state index in [9.17, 15) is 0 Å². The molecule has 0 aliphatic rings. The van der Waals surface area contributed by atoms with Crippen LogP contribution in [-0.2, 0) is 0 Å². The van der Waals surface area contributed by atoms with Crippen LogP contribution in [0.15, 0.2) is 33.9 Å². The second kappa shape index (κ2) is 5.69. The van der Waals surface area contributed by atoms with E-state index in [1.165, 1.54) is 6.20 Å². The highest BCUT2D eigenvalue weighted by Gasteiger charge is 2.11. The highest BCUT2D eigenvalue weighted by Crippen LogP contribution is 2.21. The van der Waals surface area contributed by atoms with Crippen LogP contribution in [-0.4, -0.2) is 12.8 Å². The van der Waals surface area contributed by atoms with Crippen molar-refractivity contribution in [2.45, 2.75) is 0 Å². The molecule has 1 aromatic carbocycles. The van der Waals surface area contributed by atoms with Crippen molar-refractivity contribution in [1.82, 2.24) is 0 Å². The summed E-state index contributed by atoms with van der Waals surface area (Å²) < 4.78 is 0.633. The SMILES string of the molecule is CN=C(/C(Br)=C\N)c1ccc(Cl)cc1C#N. The Kier molecular flexibility index (Phi) is 4.53. The first-order chi connectivity index (χ1) is 7.63. The summed E-state index contributed by atoms with van der Waals surface area (Å²) in [5, 5.41) is 9.53. The summed E-state index contributed by atoms with van der Waals surface area (Å²) in [5.74, 6) is 0. The Morgan fingerprint density at radius 2 is 2.31 bits per heavy atom. The Hall–Kier alpha value is -1.31. The summed E-state index contributed by atoms with van der Waals surface area (Å²) in [4.78, 5) is 4.09. The van der Waals surface area contributed by atoms with Crippen molar-refractivity contribution in [1.29, 1.82) is 5.26 Å². The normalized spacial score (nSPS) is 12.4. The molecule has 5 heteroatoms. The molecule has 1 aromatic rings. The molecule has 0 spiro atoms. The molecule has 0 bridgehead atoms. The summed E-state index contributed by atoms with van der Waals surface area (Å²) in [6, 6.07) is 7.12. The number of halogens is 2. The maximum atomic E-state index is 9.01. The minimum Gasteiger partial charge on any atom is -0.404 e. The first-order valence-corrected chi connectivity index (χ1v) is 5.55. The molecule has 16 heavy (non-hydrogen) atoms. The third-order valence-electron chi connectivity index (χ3n) is 1.95. The van der Waals surface area contributed by atoms with Gasteiger partial charge < -0.3 is 5.73 Å². The maximum Gasteiger partial charge on any atom is 0.0999 e. The van der Waals surface area contributed by atoms with Gasteiger partial charge in [-0.2, -0.15) is 5.26 Å². The second-order valence-corrected chi connectivity index (χ2v) is 4.18. The fourth-order valence-corrected chi connectivity index (χ4v) is 1.81. The van der Waals surface area contributed by atoms with Crippen LogP contribution in [0, 0.1) is 11.3 Å². The van der Waals surface area contributed by atoms with Gasteiger partial charge >= 0.3 is 0 Å². The highest BCUT2D eigenvalue weighted by molar-refractivity contribution is 9.12. The number of allylic oxidation sites excluding steroid dienone is 1. The fraction of sp³-hybridized carbons (Fsp3) is 0.0909. The van der Waals surface area contributed by atoms with Gasteiger partial charge in [-0.1, -0.05) is 11.6 Å². The van der Waals surface area contributed by atoms with Crippen LogP contribution in [0.5, 0.6) is 0 Å². The monoisotopic (exact) mass is 297 g/mol. The summed E-state index contributed by atoms with van der Waals surface area (Å²) >= 11 is 9.10. The number of aliphatic imine (C=N–C) groups is 1. The number of benzene rings is 1. The predicted octanol–water partition coefficient (Wildman–Crippen LogP) is 2.83. The molecule has 0 aliphatic heterocycles. The van der Waals surface area contributed by atoms with Gasteiger partial charge in [0.25, 0.3) is 0 Å². The Labute approximate surface area is 107 Å². The Morgan fingerprint density at radius 3 is 2.81 bits per heavy atom. The molecule has 0 saturated heterocycles. The van der Waals surface area contributed by atoms with Gasteiger partial charge in [0, 0.05) is 23.8 Å². The molecule has 0 amide bonds. The van der Waals surface area contributed by atoms with Crippen LogP contribution < -0.4 is 5.73 Å². The topological polar surface area (TPSA) is 62.2 Å². The van der Waals surface area contributed by atoms with Gasteiger partial charge in [-0.25, -0.2) is 0 Å². The number of nitrogens with two attached hydrogens (primary N) is 1. The van der Waals surface area contributed by atoms with Crippen LogP contribution in [0.2, 0.25) is 5.02 Å². The van der Waals surface area contributed by atoms with Gasteiger partial charge in [0.1, 0.15) is 0 Å². The van der Waals surface area contributed by atoms with Gasteiger partial charge in [0.05, 0.1) is 21.8 Å². The van der Waals surface area contributed by atoms with Crippen molar-refractivity contribution in [3.63, 3.8) is 0 Å². The predicted molar refractivity (Wildman–Crippen MR) is 69.8 cm³/mol. The van der Waals surface area contributed by atoms with Gasteiger partial charge in [0.2, 0.25) is 0 Å². The molecular weight excluding hydrogens is 289 g/mol. The summed E-state index contributed by atoms with van der Waals surface area (Å²) in [7, 11) is 1.63. The maximum absolute atomic E-state index is 9.01. The molecule has 0 radical (unpaired) electrons. The molecule has 0 heterocycles. The zero-order chi connectivity index (χ0) is 12.1. The number of nitriles is 1. The van der Waals surface area contributed by atoms with Crippen LogP contribution in [0.3, 0.4) is 0 Å². The summed E-state index contributed by atoms with van der Waals surface area (Å²) in [5.41, 5.74) is 7.19. The van der Waals surface area contributed by atoms with Crippen molar-refractivity contribution in [3.8, 4) is 6.07 Å². The Bertz CT molecular complexity index is 500. The van der Waals surface area contributed by atoms with E-state index in [2.05, 4.69) is 27.0 Å². The first kappa shape index (κ1) is 12.8. The van der Waals surface area contributed by atoms with E-state index in [4.69, 9.17) is 22.6 Å². The van der Waals surface area contributed by atoms with E-state index in [0.717, 1.165) is 0 Å². The van der Waals surface area contributed by atoms with Gasteiger partial charge in [-0.05, 0) is 34.1 Å². The zero-order valence-electron chi connectivity index (χ0n) is 8.54. The van der Waals surface area contributed by atoms with Crippen molar-refractivity contribution in [2.75, 3.05) is 7.05 Å². The molecular formula is C11H9BrClN3. The second-order valence-electron chi connectivity index (χ2n) is 2.89. The molecule has 2 N–H and O–H groups in total. The van der Waals surface area contributed by atoms with Crippen molar-refractivity contribution >= 4 is 33.2 Å². The van der Waals surface area contributed by atoms with Crippen LogP contribution in [0.4, 0.5) is 0 Å². The highest BCUT2D eigenvalue weighted by atomic mass is 79.9. The van der Waals surface area contributed by atoms with Gasteiger partial charge in [-0.15, -0.1) is 0 Å². The molecule has 0 atom stereocenters. The van der Waals surface area contributed by atoms with E-state index in [1.54, 1.807) is 25.2 Å². The third kappa shape index (κ3) is 2.63. The largest absolute Gasteiger partial charge is 0.404 e. The number of nitrogens with zero attached hydrogens (tertiary/aromatic N) is 2. The van der Waals surface area contributed by atoms with Crippen molar-refractivity contribution in [3.05, 3.63) is 45.0 Å². The lowest BCUT2D eigenvalue weighted by Gasteiger charge is -2.06. The summed E-state index contributed by atoms with van der Waals surface area (Å²) in [6.45, 7) is 0. The molecule has 0 saturated carbocycles. The van der Waals surface area contributed by atoms with E-state index in [0.29, 0.717) is 26.3 Å². The Morgan fingerprint density at radius 1 is 1.62 bits per heavy atom. The smallest absolute Gasteiger partial charge is 0.0999 e. The fourth-order valence-electron chi connectivity index (χ4n) is 1.25. The molecule has 0 aliphatic carbocycles. The molecule has 1 rings (SSSR count). The molecule has 3 nitrogen and oxygen atoms in total. The molecule has 0 unspecified atom stereocenters. The lowest BCUT2D eigenvalue weighted by atomic mass is 10.0. The minimum atomic E-state index is 0.465. The van der Waals surface area contributed by atoms with E-state index < -0.39 is 0 Å². The van der Waals surface area contributed by atoms with Crippen LogP contribution >= 0.6 is 27.5 Å². The van der Waals surface area contributed by atoms with Gasteiger partial charge in [0.15, 0.2) is 0 Å². The first-order valence-electron chi connectivity index (χ1n) is 4.38. The molecule has 0 aromatic heterocycles. The average Bonchev–Trinajstić information content (AvgIpc) is 2.31. The quantitative estimate of drug-likeness (QED) is 0.853. The zero-order valence-corrected chi connectivity index (χ0v) is 10.9. The minimum absolute atomic E-state index is 0.465. The van der Waals surface area contributed by atoms with Crippen LogP contribution in [0.25, 0.3) is 0 Å². The molecule has 0 fully saturated rings. The summed E-state index contributed by atoms with van der Waals surface area (Å²) in [6.07, 6.45) is 1.39. The third-order valence-corrected chi connectivity index (χ3v) is 2.83. The van der Waals surface area contributed by atoms with E-state index >= 15 is 0 Å². The lowest BCUT2D eigenvalue weighted by Crippen LogP contribution is -2.05. The van der Waals surface area contributed by atoms with E-state index in [1.807, 2.05) is 0 Å². The van der Waals surface area contributed by atoms with Crippen LogP contribution in [0.1, 0.15) is 11.1 Å². The lowest BCUT2D eigenvalue weighted by molar-refractivity contribution is 1.41.